The SMILES string of the molecule is COc1ccc(N2CCN(CCCNC(=O)COCc3cc(-c4ccc(F)cc4)on3)CC2)cc1. The highest BCUT2D eigenvalue weighted by molar-refractivity contribution is 5.77. The monoisotopic (exact) mass is 482 g/mol. The Balaban J connectivity index is 1.07. The largest absolute Gasteiger partial charge is 0.497 e. The molecular weight excluding hydrogens is 451 g/mol. The average Bonchev–Trinajstić information content (AvgIpc) is 3.36. The summed E-state index contributed by atoms with van der Waals surface area (Å²) in [6, 6.07) is 15.9. The van der Waals surface area contributed by atoms with Crippen LogP contribution in [0, 0.1) is 5.82 Å². The third-order valence-corrected chi connectivity index (χ3v) is 5.95. The molecule has 3 aromatic rings. The zero-order valence-corrected chi connectivity index (χ0v) is 19.9. The Hall–Kier alpha value is -3.43. The number of anilines is 1. The maximum atomic E-state index is 13.0. The van der Waals surface area contributed by atoms with Gasteiger partial charge in [0.25, 0.3) is 0 Å². The molecule has 8 nitrogen and oxygen atoms in total. The number of nitrogens with one attached hydrogen (secondary N) is 1. The maximum Gasteiger partial charge on any atom is 0.246 e. The summed E-state index contributed by atoms with van der Waals surface area (Å²) < 4.78 is 29.0. The number of hydrogen-bond acceptors (Lipinski definition) is 7. The highest BCUT2D eigenvalue weighted by Crippen LogP contribution is 2.21. The van der Waals surface area contributed by atoms with Crippen LogP contribution >= 0.6 is 0 Å². The fraction of sp³-hybridized carbons (Fsp3) is 0.385. The summed E-state index contributed by atoms with van der Waals surface area (Å²) in [6.45, 7) is 5.65. The van der Waals surface area contributed by atoms with Gasteiger partial charge in [0.15, 0.2) is 5.76 Å². The van der Waals surface area contributed by atoms with Crippen LogP contribution in [0.5, 0.6) is 5.75 Å². The first-order chi connectivity index (χ1) is 17.1. The van der Waals surface area contributed by atoms with E-state index in [0.29, 0.717) is 18.0 Å². The van der Waals surface area contributed by atoms with Gasteiger partial charge in [-0.2, -0.15) is 0 Å². The highest BCUT2D eigenvalue weighted by atomic mass is 19.1. The van der Waals surface area contributed by atoms with E-state index < -0.39 is 0 Å². The van der Waals surface area contributed by atoms with Gasteiger partial charge in [-0.05, 0) is 61.5 Å². The first-order valence-corrected chi connectivity index (χ1v) is 11.8. The van der Waals surface area contributed by atoms with Gasteiger partial charge in [-0.3, -0.25) is 9.69 Å². The van der Waals surface area contributed by atoms with Crippen molar-refractivity contribution in [1.82, 2.24) is 15.4 Å². The third kappa shape index (κ3) is 7.27. The van der Waals surface area contributed by atoms with Crippen molar-refractivity contribution in [3.63, 3.8) is 0 Å². The lowest BCUT2D eigenvalue weighted by Gasteiger charge is -2.36. The van der Waals surface area contributed by atoms with E-state index in [2.05, 4.69) is 32.4 Å². The number of piperazine rings is 1. The van der Waals surface area contributed by atoms with Crippen LogP contribution < -0.4 is 15.0 Å². The summed E-state index contributed by atoms with van der Waals surface area (Å²) in [6.07, 6.45) is 0.887. The normalized spacial score (nSPS) is 14.2. The Kier molecular flexibility index (Phi) is 8.69. The number of hydrogen-bond donors (Lipinski definition) is 1. The Morgan fingerprint density at radius 3 is 2.54 bits per heavy atom. The van der Waals surface area contributed by atoms with Crippen molar-refractivity contribution in [2.45, 2.75) is 13.0 Å². The number of methoxy groups -OCH3 is 1. The van der Waals surface area contributed by atoms with E-state index in [0.717, 1.165) is 50.5 Å². The molecule has 1 saturated heterocycles. The van der Waals surface area contributed by atoms with Crippen molar-refractivity contribution < 1.29 is 23.2 Å². The predicted molar refractivity (Wildman–Crippen MR) is 131 cm³/mol. The minimum Gasteiger partial charge on any atom is -0.497 e. The summed E-state index contributed by atoms with van der Waals surface area (Å²) in [5.41, 5.74) is 2.52. The van der Waals surface area contributed by atoms with Gasteiger partial charge in [0.05, 0.1) is 13.7 Å². The molecule has 1 aromatic heterocycles. The first kappa shape index (κ1) is 24.7. The van der Waals surface area contributed by atoms with Gasteiger partial charge >= 0.3 is 0 Å². The van der Waals surface area contributed by atoms with Crippen molar-refractivity contribution in [1.29, 1.82) is 0 Å². The fourth-order valence-corrected chi connectivity index (χ4v) is 3.98. The molecule has 1 fully saturated rings. The second kappa shape index (κ2) is 12.3. The van der Waals surface area contributed by atoms with Crippen LogP contribution in [0.25, 0.3) is 11.3 Å². The molecule has 1 amide bonds. The maximum absolute atomic E-state index is 13.0. The molecule has 0 aliphatic carbocycles. The Labute approximate surface area is 204 Å². The number of ether oxygens (including phenoxy) is 2. The quantitative estimate of drug-likeness (QED) is 0.420. The van der Waals surface area contributed by atoms with Crippen molar-refractivity contribution in [3.8, 4) is 17.1 Å². The highest BCUT2D eigenvalue weighted by Gasteiger charge is 2.17. The van der Waals surface area contributed by atoms with Gasteiger partial charge in [0.1, 0.15) is 23.9 Å². The van der Waals surface area contributed by atoms with E-state index in [1.165, 1.54) is 17.8 Å². The van der Waals surface area contributed by atoms with Crippen LogP contribution in [0.1, 0.15) is 12.1 Å². The number of benzene rings is 2. The summed E-state index contributed by atoms with van der Waals surface area (Å²) in [4.78, 5) is 16.8. The number of carbonyl (C=O) groups excluding carboxylic acids is 1. The van der Waals surface area contributed by atoms with Gasteiger partial charge in [-0.1, -0.05) is 5.16 Å². The van der Waals surface area contributed by atoms with Crippen LogP contribution in [-0.2, 0) is 16.1 Å². The Morgan fingerprint density at radius 2 is 1.83 bits per heavy atom. The summed E-state index contributed by atoms with van der Waals surface area (Å²) in [7, 11) is 1.68. The van der Waals surface area contributed by atoms with Crippen molar-refractivity contribution >= 4 is 11.6 Å². The molecule has 1 aliphatic heterocycles. The standard InChI is InChI=1S/C26H31FN4O4/c1-33-24-9-7-23(8-10-24)31-15-13-30(14-16-31)12-2-11-28-26(32)19-34-18-22-17-25(35-29-22)20-3-5-21(27)6-4-20/h3-10,17H,2,11-16,18-19H2,1H3,(H,28,32). The van der Waals surface area contributed by atoms with Crippen molar-refractivity contribution in [2.75, 3.05) is 57.9 Å². The number of aromatic nitrogens is 1. The Bertz CT molecular complexity index is 1060. The fourth-order valence-electron chi connectivity index (χ4n) is 3.98. The van der Waals surface area contributed by atoms with E-state index in [9.17, 15) is 9.18 Å². The van der Waals surface area contributed by atoms with Gasteiger partial charge < -0.3 is 24.2 Å². The molecule has 0 unspecified atom stereocenters. The molecular formula is C26H31FN4O4. The predicted octanol–water partition coefficient (Wildman–Crippen LogP) is 3.33. The van der Waals surface area contributed by atoms with E-state index in [1.54, 1.807) is 25.3 Å². The third-order valence-electron chi connectivity index (χ3n) is 5.95. The molecule has 2 aromatic carbocycles. The van der Waals surface area contributed by atoms with Crippen LogP contribution in [0.4, 0.5) is 10.1 Å². The first-order valence-electron chi connectivity index (χ1n) is 11.8. The van der Waals surface area contributed by atoms with Crippen LogP contribution in [-0.4, -0.2) is 68.9 Å². The molecule has 0 bridgehead atoms. The molecule has 1 aliphatic rings. The lowest BCUT2D eigenvalue weighted by molar-refractivity contribution is -0.126. The summed E-state index contributed by atoms with van der Waals surface area (Å²) >= 11 is 0. The molecule has 0 spiro atoms. The van der Waals surface area contributed by atoms with Gasteiger partial charge in [-0.25, -0.2) is 4.39 Å². The van der Waals surface area contributed by atoms with Crippen LogP contribution in [0.3, 0.4) is 0 Å². The minimum atomic E-state index is -0.310. The average molecular weight is 483 g/mol. The number of halogens is 1. The molecule has 35 heavy (non-hydrogen) atoms. The molecule has 0 radical (unpaired) electrons. The molecule has 1 N–H and O–H groups in total. The number of rotatable bonds is 11. The molecule has 2 heterocycles. The zero-order valence-electron chi connectivity index (χ0n) is 19.9. The molecule has 186 valence electrons. The van der Waals surface area contributed by atoms with Crippen LogP contribution in [0.15, 0.2) is 59.1 Å². The second-order valence-electron chi connectivity index (χ2n) is 8.41. The zero-order chi connectivity index (χ0) is 24.5. The number of nitrogens with zero attached hydrogens (tertiary/aromatic N) is 3. The van der Waals surface area contributed by atoms with E-state index in [-0.39, 0.29) is 24.9 Å². The van der Waals surface area contributed by atoms with Gasteiger partial charge in [0.2, 0.25) is 5.91 Å². The van der Waals surface area contributed by atoms with E-state index >= 15 is 0 Å². The molecule has 4 rings (SSSR count). The number of amides is 1. The number of carbonyl (C=O) groups is 1. The topological polar surface area (TPSA) is 80.1 Å². The smallest absolute Gasteiger partial charge is 0.246 e. The van der Waals surface area contributed by atoms with Crippen molar-refractivity contribution in [3.05, 3.63) is 66.1 Å². The molecule has 9 heteroatoms. The minimum absolute atomic E-state index is 0.0424. The Morgan fingerprint density at radius 1 is 1.09 bits per heavy atom. The van der Waals surface area contributed by atoms with E-state index in [4.69, 9.17) is 14.0 Å². The second-order valence-corrected chi connectivity index (χ2v) is 8.41. The van der Waals surface area contributed by atoms with Crippen molar-refractivity contribution in [2.24, 2.45) is 0 Å². The lowest BCUT2D eigenvalue weighted by atomic mass is 10.1. The summed E-state index contributed by atoms with van der Waals surface area (Å²) in [5, 5.41) is 6.83. The van der Waals surface area contributed by atoms with E-state index in [1.807, 2.05) is 12.1 Å². The summed E-state index contributed by atoms with van der Waals surface area (Å²) in [5.74, 6) is 0.929. The lowest BCUT2D eigenvalue weighted by Crippen LogP contribution is -2.47. The van der Waals surface area contributed by atoms with Crippen LogP contribution in [0.2, 0.25) is 0 Å². The van der Waals surface area contributed by atoms with Gasteiger partial charge in [-0.15, -0.1) is 0 Å². The molecule has 0 saturated carbocycles. The van der Waals surface area contributed by atoms with Gasteiger partial charge in [0, 0.05) is 50.0 Å². The molecule has 0 atom stereocenters.